The van der Waals surface area contributed by atoms with E-state index in [4.69, 9.17) is 0 Å². The minimum absolute atomic E-state index is 0.00187. The van der Waals surface area contributed by atoms with Gasteiger partial charge in [-0.1, -0.05) is 23.8 Å². The van der Waals surface area contributed by atoms with E-state index in [0.717, 1.165) is 18.5 Å². The minimum Gasteiger partial charge on any atom is -0.395 e. The Morgan fingerprint density at radius 2 is 2.12 bits per heavy atom. The Bertz CT molecular complexity index is 836. The normalized spacial score (nSPS) is 29.4. The first kappa shape index (κ1) is 16.0. The summed E-state index contributed by atoms with van der Waals surface area (Å²) >= 11 is 0. The van der Waals surface area contributed by atoms with Gasteiger partial charge in [-0.15, -0.1) is 8.78 Å². The molecule has 0 radical (unpaired) electrons. The highest BCUT2D eigenvalue weighted by atomic mass is 19.3. The number of alkyl halides is 2. The van der Waals surface area contributed by atoms with Crippen LogP contribution in [-0.2, 0) is 5.41 Å². The highest BCUT2D eigenvalue weighted by Gasteiger charge is 2.51. The SMILES string of the molecule is CC1=C[C@@H]2N(C)CC[C@]2(c2cc3c(c([N+](=O)[O-])c2)OC(F)(F)O3)C=C1. The number of nitro benzene ring substituents is 1. The van der Waals surface area contributed by atoms with Crippen molar-refractivity contribution in [1.82, 2.24) is 4.90 Å². The maximum Gasteiger partial charge on any atom is 0.586 e. The third-order valence-electron chi connectivity index (χ3n) is 5.16. The predicted octanol–water partition coefficient (Wildman–Crippen LogP) is 3.37. The number of hydrogen-bond acceptors (Lipinski definition) is 5. The molecule has 2 heterocycles. The summed E-state index contributed by atoms with van der Waals surface area (Å²) in [4.78, 5) is 12.8. The Kier molecular flexibility index (Phi) is 3.21. The number of nitrogens with zero attached hydrogens (tertiary/aromatic N) is 2. The molecule has 0 aromatic heterocycles. The van der Waals surface area contributed by atoms with Crippen LogP contribution in [0.25, 0.3) is 0 Å². The van der Waals surface area contributed by atoms with Gasteiger partial charge in [0.05, 0.1) is 4.92 Å². The summed E-state index contributed by atoms with van der Waals surface area (Å²) < 4.78 is 35.7. The van der Waals surface area contributed by atoms with E-state index in [0.29, 0.717) is 5.56 Å². The number of nitro groups is 1. The highest BCUT2D eigenvalue weighted by Crippen LogP contribution is 2.52. The molecule has 0 unspecified atom stereocenters. The van der Waals surface area contributed by atoms with Crippen LogP contribution in [0, 0.1) is 10.1 Å². The van der Waals surface area contributed by atoms with Crippen molar-refractivity contribution in [2.75, 3.05) is 13.6 Å². The highest BCUT2D eigenvalue weighted by molar-refractivity contribution is 5.62. The molecule has 0 spiro atoms. The van der Waals surface area contributed by atoms with Gasteiger partial charge >= 0.3 is 12.0 Å². The number of benzene rings is 1. The van der Waals surface area contributed by atoms with Crippen LogP contribution in [0.4, 0.5) is 14.5 Å². The van der Waals surface area contributed by atoms with Gasteiger partial charge in [-0.25, -0.2) is 0 Å². The summed E-state index contributed by atoms with van der Waals surface area (Å²) in [5.74, 6) is -0.818. The van der Waals surface area contributed by atoms with Crippen molar-refractivity contribution < 1.29 is 23.2 Å². The Hall–Kier alpha value is -2.48. The molecule has 0 amide bonds. The van der Waals surface area contributed by atoms with Gasteiger partial charge < -0.3 is 9.47 Å². The lowest BCUT2D eigenvalue weighted by Crippen LogP contribution is -2.40. The first-order valence-electron chi connectivity index (χ1n) is 7.88. The number of allylic oxidation sites excluding steroid dienone is 2. The van der Waals surface area contributed by atoms with Crippen molar-refractivity contribution in [1.29, 1.82) is 0 Å². The number of rotatable bonds is 2. The van der Waals surface area contributed by atoms with Crippen LogP contribution in [-0.4, -0.2) is 35.8 Å². The van der Waals surface area contributed by atoms with Crippen molar-refractivity contribution in [3.8, 4) is 11.5 Å². The second kappa shape index (κ2) is 5.01. The van der Waals surface area contributed by atoms with E-state index in [1.54, 1.807) is 0 Å². The summed E-state index contributed by atoms with van der Waals surface area (Å²) in [6, 6.07) is 2.76. The molecule has 25 heavy (non-hydrogen) atoms. The standard InChI is InChI=1S/C17H16F2N2O4/c1-10-3-4-16(5-6-20(2)14(16)7-10)11-8-12(21(22)23)15-13(9-11)24-17(18,19)25-15/h3-4,7-9,14H,5-6H2,1-2H3/t14-,16-/m0/s1. The van der Waals surface area contributed by atoms with Gasteiger partial charge in [0, 0.05) is 17.5 Å². The topological polar surface area (TPSA) is 64.8 Å². The van der Waals surface area contributed by atoms with Gasteiger partial charge in [-0.2, -0.15) is 0 Å². The van der Waals surface area contributed by atoms with Crippen LogP contribution in [0.15, 0.2) is 35.9 Å². The third kappa shape index (κ3) is 2.31. The number of hydrogen-bond donors (Lipinski definition) is 0. The largest absolute Gasteiger partial charge is 0.586 e. The third-order valence-corrected chi connectivity index (χ3v) is 5.16. The van der Waals surface area contributed by atoms with Crippen LogP contribution < -0.4 is 9.47 Å². The summed E-state index contributed by atoms with van der Waals surface area (Å²) in [6.07, 6.45) is 2.89. The number of likely N-dealkylation sites (N-methyl/N-ethyl adjacent to an activating group) is 1. The maximum atomic E-state index is 13.4. The Morgan fingerprint density at radius 1 is 1.36 bits per heavy atom. The summed E-state index contributed by atoms with van der Waals surface area (Å²) in [7, 11) is 1.98. The van der Waals surface area contributed by atoms with Crippen molar-refractivity contribution in [2.24, 2.45) is 0 Å². The lowest BCUT2D eigenvalue weighted by molar-refractivity contribution is -0.387. The molecule has 6 nitrogen and oxygen atoms in total. The van der Waals surface area contributed by atoms with E-state index in [1.807, 2.05) is 26.1 Å². The number of ether oxygens (including phenoxy) is 2. The second-order valence-electron chi connectivity index (χ2n) is 6.71. The molecule has 132 valence electrons. The van der Waals surface area contributed by atoms with Crippen molar-refractivity contribution in [3.05, 3.63) is 51.6 Å². The average molecular weight is 350 g/mol. The molecular weight excluding hydrogens is 334 g/mol. The van der Waals surface area contributed by atoms with E-state index >= 15 is 0 Å². The van der Waals surface area contributed by atoms with Crippen LogP contribution in [0.5, 0.6) is 11.5 Å². The zero-order valence-electron chi connectivity index (χ0n) is 13.7. The first-order valence-corrected chi connectivity index (χ1v) is 7.88. The average Bonchev–Trinajstić information content (AvgIpc) is 3.02. The van der Waals surface area contributed by atoms with Gasteiger partial charge in [0.2, 0.25) is 5.75 Å². The van der Waals surface area contributed by atoms with E-state index in [1.165, 1.54) is 12.1 Å². The molecule has 1 aromatic carbocycles. The van der Waals surface area contributed by atoms with Gasteiger partial charge in [0.15, 0.2) is 5.75 Å². The molecule has 0 N–H and O–H groups in total. The smallest absolute Gasteiger partial charge is 0.395 e. The van der Waals surface area contributed by atoms with E-state index in [2.05, 4.69) is 20.4 Å². The summed E-state index contributed by atoms with van der Waals surface area (Å²) in [6.45, 7) is 2.77. The Morgan fingerprint density at radius 3 is 2.84 bits per heavy atom. The molecule has 0 saturated carbocycles. The molecule has 1 aliphatic carbocycles. The molecule has 1 aromatic rings. The second-order valence-corrected chi connectivity index (χ2v) is 6.71. The monoisotopic (exact) mass is 350 g/mol. The van der Waals surface area contributed by atoms with Gasteiger partial charge in [-0.3, -0.25) is 15.0 Å². The van der Waals surface area contributed by atoms with E-state index < -0.39 is 28.1 Å². The molecule has 2 aliphatic heterocycles. The van der Waals surface area contributed by atoms with Crippen molar-refractivity contribution in [2.45, 2.75) is 31.1 Å². The molecule has 4 rings (SSSR count). The van der Waals surface area contributed by atoms with Crippen LogP contribution in [0.1, 0.15) is 18.9 Å². The van der Waals surface area contributed by atoms with E-state index in [-0.39, 0.29) is 11.8 Å². The number of likely N-dealkylation sites (tertiary alicyclic amines) is 1. The first-order chi connectivity index (χ1) is 11.7. The van der Waals surface area contributed by atoms with Gasteiger partial charge in [-0.05, 0) is 38.6 Å². The minimum atomic E-state index is -3.89. The van der Waals surface area contributed by atoms with Crippen molar-refractivity contribution >= 4 is 5.69 Å². The lowest BCUT2D eigenvalue weighted by atomic mass is 9.71. The van der Waals surface area contributed by atoms with Gasteiger partial charge in [0.25, 0.3) is 0 Å². The lowest BCUT2D eigenvalue weighted by Gasteiger charge is -2.36. The molecule has 2 atom stereocenters. The Labute approximate surface area is 142 Å². The Balaban J connectivity index is 1.89. The van der Waals surface area contributed by atoms with Crippen molar-refractivity contribution in [3.63, 3.8) is 0 Å². The molecule has 0 bridgehead atoms. The van der Waals surface area contributed by atoms with E-state index in [9.17, 15) is 18.9 Å². The predicted molar refractivity (Wildman–Crippen MR) is 84.9 cm³/mol. The summed E-state index contributed by atoms with van der Waals surface area (Å²) in [5, 5.41) is 11.4. The van der Waals surface area contributed by atoms with Crippen LogP contribution in [0.3, 0.4) is 0 Å². The fourth-order valence-electron chi connectivity index (χ4n) is 3.93. The molecule has 3 aliphatic rings. The molecule has 8 heteroatoms. The molecular formula is C17H16F2N2O4. The molecule has 1 fully saturated rings. The fourth-order valence-corrected chi connectivity index (χ4v) is 3.93. The van der Waals surface area contributed by atoms with Crippen LogP contribution >= 0.6 is 0 Å². The van der Waals surface area contributed by atoms with Gasteiger partial charge in [0.1, 0.15) is 0 Å². The van der Waals surface area contributed by atoms with Crippen LogP contribution in [0.2, 0.25) is 0 Å². The quantitative estimate of drug-likeness (QED) is 0.604. The fraction of sp³-hybridized carbons (Fsp3) is 0.412. The maximum absolute atomic E-state index is 13.4. The summed E-state index contributed by atoms with van der Waals surface area (Å²) in [5.41, 5.74) is 0.645. The zero-order chi connectivity index (χ0) is 18.0. The molecule has 1 saturated heterocycles. The number of halogens is 2. The zero-order valence-corrected chi connectivity index (χ0v) is 13.7. The number of fused-ring (bicyclic) bond motifs is 2.